The molecule has 0 fully saturated rings. The van der Waals surface area contributed by atoms with E-state index < -0.39 is 0 Å². The predicted molar refractivity (Wildman–Crippen MR) is 55.9 cm³/mol. The van der Waals surface area contributed by atoms with Crippen molar-refractivity contribution < 1.29 is 4.39 Å². The van der Waals surface area contributed by atoms with E-state index in [1.54, 1.807) is 0 Å². The summed E-state index contributed by atoms with van der Waals surface area (Å²) in [4.78, 5) is 0. The number of alkyl halides is 1. The zero-order chi connectivity index (χ0) is 10.0. The van der Waals surface area contributed by atoms with Gasteiger partial charge in [-0.25, -0.2) is 0 Å². The maximum Gasteiger partial charge on any atom is 0.0900 e. The quantitative estimate of drug-likeness (QED) is 0.781. The third-order valence-electron chi connectivity index (χ3n) is 3.31. The van der Waals surface area contributed by atoms with Gasteiger partial charge in [-0.1, -0.05) is 24.3 Å². The molecule has 2 N–H and O–H groups in total. The van der Waals surface area contributed by atoms with Gasteiger partial charge in [0.15, 0.2) is 0 Å². The van der Waals surface area contributed by atoms with Crippen LogP contribution in [0.2, 0.25) is 0 Å². The van der Waals surface area contributed by atoms with Gasteiger partial charge in [0.25, 0.3) is 0 Å². The molecule has 1 aliphatic rings. The highest BCUT2D eigenvalue weighted by Gasteiger charge is 2.35. The Labute approximate surface area is 84.1 Å². The minimum absolute atomic E-state index is 0.00155. The normalized spacial score (nSPS) is 18.1. The van der Waals surface area contributed by atoms with Crippen LogP contribution < -0.4 is 5.73 Å². The molecule has 1 nitrogen and oxygen atoms in total. The summed E-state index contributed by atoms with van der Waals surface area (Å²) in [5, 5.41) is 0. The van der Waals surface area contributed by atoms with Crippen LogP contribution in [0.1, 0.15) is 17.5 Å². The van der Waals surface area contributed by atoms with Gasteiger partial charge in [0.2, 0.25) is 0 Å². The van der Waals surface area contributed by atoms with E-state index in [-0.39, 0.29) is 12.1 Å². The third-order valence-corrected chi connectivity index (χ3v) is 3.31. The van der Waals surface area contributed by atoms with Gasteiger partial charge in [-0.2, -0.15) is 0 Å². The minimum Gasteiger partial charge on any atom is -0.330 e. The second-order valence-electron chi connectivity index (χ2n) is 4.27. The first-order valence-corrected chi connectivity index (χ1v) is 5.12. The summed E-state index contributed by atoms with van der Waals surface area (Å²) in [6, 6.07) is 8.34. The van der Waals surface area contributed by atoms with Crippen molar-refractivity contribution in [3.8, 4) is 0 Å². The zero-order valence-corrected chi connectivity index (χ0v) is 8.30. The summed E-state index contributed by atoms with van der Waals surface area (Å²) in [7, 11) is 0. The van der Waals surface area contributed by atoms with Gasteiger partial charge < -0.3 is 5.73 Å². The van der Waals surface area contributed by atoms with Crippen molar-refractivity contribution in [1.82, 2.24) is 0 Å². The highest BCUT2D eigenvalue weighted by molar-refractivity contribution is 5.34. The average Bonchev–Trinajstić information content (AvgIpc) is 2.57. The lowest BCUT2D eigenvalue weighted by Gasteiger charge is -2.25. The first-order chi connectivity index (χ1) is 6.79. The molecule has 2 heteroatoms. The molecule has 1 aromatic carbocycles. The Morgan fingerprint density at radius 2 is 1.79 bits per heavy atom. The molecule has 2 rings (SSSR count). The molecule has 1 aliphatic carbocycles. The number of rotatable bonds is 3. The Morgan fingerprint density at radius 1 is 1.21 bits per heavy atom. The SMILES string of the molecule is NCC1(CCF)Cc2ccccc2C1. The van der Waals surface area contributed by atoms with Gasteiger partial charge >= 0.3 is 0 Å². The second-order valence-corrected chi connectivity index (χ2v) is 4.27. The highest BCUT2D eigenvalue weighted by atomic mass is 19.1. The maximum atomic E-state index is 12.4. The van der Waals surface area contributed by atoms with E-state index in [0.29, 0.717) is 13.0 Å². The Morgan fingerprint density at radius 3 is 2.21 bits per heavy atom. The van der Waals surface area contributed by atoms with E-state index in [2.05, 4.69) is 12.1 Å². The molecule has 0 saturated heterocycles. The molecule has 0 amide bonds. The zero-order valence-electron chi connectivity index (χ0n) is 8.30. The van der Waals surface area contributed by atoms with Crippen LogP contribution >= 0.6 is 0 Å². The van der Waals surface area contributed by atoms with Gasteiger partial charge in [0.05, 0.1) is 6.67 Å². The summed E-state index contributed by atoms with van der Waals surface area (Å²) >= 11 is 0. The minimum atomic E-state index is -0.259. The molecule has 76 valence electrons. The largest absolute Gasteiger partial charge is 0.330 e. The first-order valence-electron chi connectivity index (χ1n) is 5.12. The molecular weight excluding hydrogens is 177 g/mol. The number of hydrogen-bond acceptors (Lipinski definition) is 1. The van der Waals surface area contributed by atoms with Crippen molar-refractivity contribution in [2.45, 2.75) is 19.3 Å². The summed E-state index contributed by atoms with van der Waals surface area (Å²) in [6.45, 7) is 0.330. The third kappa shape index (κ3) is 1.55. The van der Waals surface area contributed by atoms with Crippen molar-refractivity contribution >= 4 is 0 Å². The lowest BCUT2D eigenvalue weighted by atomic mass is 9.82. The predicted octanol–water partition coefficient (Wildman–Crippen LogP) is 2.09. The molecule has 0 aromatic heterocycles. The number of hydrogen-bond donors (Lipinski definition) is 1. The van der Waals surface area contributed by atoms with Gasteiger partial charge in [-0.05, 0) is 42.3 Å². The maximum absolute atomic E-state index is 12.4. The van der Waals surface area contributed by atoms with E-state index in [1.807, 2.05) is 12.1 Å². The van der Waals surface area contributed by atoms with Crippen molar-refractivity contribution in [2.75, 3.05) is 13.2 Å². The van der Waals surface area contributed by atoms with Crippen LogP contribution in [0, 0.1) is 5.41 Å². The van der Waals surface area contributed by atoms with Gasteiger partial charge in [-0.3, -0.25) is 4.39 Å². The Bertz CT molecular complexity index is 297. The summed E-state index contributed by atoms with van der Waals surface area (Å²) < 4.78 is 12.4. The number of benzene rings is 1. The van der Waals surface area contributed by atoms with E-state index in [0.717, 1.165) is 12.8 Å². The van der Waals surface area contributed by atoms with Crippen LogP contribution in [0.25, 0.3) is 0 Å². The molecular formula is C12H16FN. The average molecular weight is 193 g/mol. The van der Waals surface area contributed by atoms with Crippen LogP contribution in [-0.2, 0) is 12.8 Å². The van der Waals surface area contributed by atoms with Crippen molar-refractivity contribution in [3.63, 3.8) is 0 Å². The molecule has 0 saturated carbocycles. The fraction of sp³-hybridized carbons (Fsp3) is 0.500. The van der Waals surface area contributed by atoms with E-state index in [1.165, 1.54) is 11.1 Å². The summed E-state index contributed by atoms with van der Waals surface area (Å²) in [5.74, 6) is 0. The molecule has 14 heavy (non-hydrogen) atoms. The Hall–Kier alpha value is -0.890. The molecule has 0 unspecified atom stereocenters. The second kappa shape index (κ2) is 3.70. The first kappa shape index (κ1) is 9.66. The molecule has 0 heterocycles. The molecule has 1 aromatic rings. The van der Waals surface area contributed by atoms with E-state index in [9.17, 15) is 4.39 Å². The van der Waals surface area contributed by atoms with Gasteiger partial charge in [-0.15, -0.1) is 0 Å². The van der Waals surface area contributed by atoms with Crippen molar-refractivity contribution in [3.05, 3.63) is 35.4 Å². The topological polar surface area (TPSA) is 26.0 Å². The summed E-state index contributed by atoms with van der Waals surface area (Å²) in [6.07, 6.45) is 2.49. The van der Waals surface area contributed by atoms with Crippen LogP contribution in [-0.4, -0.2) is 13.2 Å². The Balaban J connectivity index is 2.23. The Kier molecular flexibility index (Phi) is 2.55. The monoisotopic (exact) mass is 193 g/mol. The number of fused-ring (bicyclic) bond motifs is 1. The lowest BCUT2D eigenvalue weighted by Crippen LogP contribution is -2.31. The number of halogens is 1. The molecule has 0 bridgehead atoms. The van der Waals surface area contributed by atoms with Crippen LogP contribution in [0.3, 0.4) is 0 Å². The molecule has 0 radical (unpaired) electrons. The van der Waals surface area contributed by atoms with Crippen LogP contribution in [0.15, 0.2) is 24.3 Å². The fourth-order valence-corrected chi connectivity index (χ4v) is 2.40. The van der Waals surface area contributed by atoms with Crippen LogP contribution in [0.5, 0.6) is 0 Å². The van der Waals surface area contributed by atoms with E-state index in [4.69, 9.17) is 5.73 Å². The summed E-state index contributed by atoms with van der Waals surface area (Å²) in [5.41, 5.74) is 8.47. The van der Waals surface area contributed by atoms with Crippen LogP contribution in [0.4, 0.5) is 4.39 Å². The van der Waals surface area contributed by atoms with E-state index >= 15 is 0 Å². The van der Waals surface area contributed by atoms with Crippen molar-refractivity contribution in [2.24, 2.45) is 11.1 Å². The van der Waals surface area contributed by atoms with Gasteiger partial charge in [0, 0.05) is 0 Å². The smallest absolute Gasteiger partial charge is 0.0900 e. The standard InChI is InChI=1S/C12H16FN/c13-6-5-12(9-14)7-10-3-1-2-4-11(10)8-12/h1-4H,5-9,14H2. The molecule has 0 spiro atoms. The highest BCUT2D eigenvalue weighted by Crippen LogP contribution is 2.38. The molecule has 0 atom stereocenters. The van der Waals surface area contributed by atoms with Gasteiger partial charge in [0.1, 0.15) is 0 Å². The van der Waals surface area contributed by atoms with Crippen molar-refractivity contribution in [1.29, 1.82) is 0 Å². The molecule has 0 aliphatic heterocycles. The fourth-order valence-electron chi connectivity index (χ4n) is 2.40. The number of nitrogens with two attached hydrogens (primary N) is 1. The lowest BCUT2D eigenvalue weighted by molar-refractivity contribution is 0.254.